The third kappa shape index (κ3) is 5.85. The molecule has 3 aliphatic heterocycles. The number of carbonyl (C=O) groups is 4. The second-order valence-corrected chi connectivity index (χ2v) is 7.06. The van der Waals surface area contributed by atoms with Crippen molar-refractivity contribution in [3.8, 4) is 0 Å². The van der Waals surface area contributed by atoms with Crippen molar-refractivity contribution in [2.24, 2.45) is 23.7 Å². The molecule has 3 saturated heterocycles. The van der Waals surface area contributed by atoms with E-state index in [-0.39, 0.29) is 32.7 Å². The molecule has 0 unspecified atom stereocenters. The molecule has 2 N–H and O–H groups in total. The molecule has 3 rings (SSSR count). The van der Waals surface area contributed by atoms with E-state index in [0.29, 0.717) is 0 Å². The lowest BCUT2D eigenvalue weighted by molar-refractivity contribution is -0.154. The number of alkyl halides is 4. The minimum absolute atomic E-state index is 0.128. The first kappa shape index (κ1) is 23.0. The molecule has 0 aliphatic carbocycles. The van der Waals surface area contributed by atoms with Gasteiger partial charge in [0, 0.05) is 26.2 Å². The number of hydrogen-bond donors (Lipinski definition) is 2. The van der Waals surface area contributed by atoms with Crippen LogP contribution in [0.4, 0.5) is 17.6 Å². The van der Waals surface area contributed by atoms with Crippen LogP contribution < -0.4 is 0 Å². The summed E-state index contributed by atoms with van der Waals surface area (Å²) < 4.78 is 52.4. The van der Waals surface area contributed by atoms with Gasteiger partial charge in [-0.25, -0.2) is 17.6 Å². The molecule has 29 heavy (non-hydrogen) atoms. The second kappa shape index (κ2) is 9.48. The molecule has 9 nitrogen and oxygen atoms in total. The number of nitrogens with zero attached hydrogens (tertiary/aromatic N) is 2. The highest BCUT2D eigenvalue weighted by molar-refractivity contribution is 5.97. The highest BCUT2D eigenvalue weighted by Gasteiger charge is 2.50. The van der Waals surface area contributed by atoms with E-state index in [0.717, 1.165) is 0 Å². The zero-order valence-corrected chi connectivity index (χ0v) is 15.0. The average molecular weight is 428 g/mol. The maximum absolute atomic E-state index is 12.0. The fraction of sp³-hybridized carbons (Fsp3) is 0.750. The Morgan fingerprint density at radius 1 is 0.828 bits per heavy atom. The predicted octanol–water partition coefficient (Wildman–Crippen LogP) is -0.148. The molecule has 3 fully saturated rings. The quantitative estimate of drug-likeness (QED) is 0.338. The summed E-state index contributed by atoms with van der Waals surface area (Å²) >= 11 is 0. The lowest BCUT2D eigenvalue weighted by Crippen LogP contribution is -2.29. The topological polar surface area (TPSA) is 124 Å². The van der Waals surface area contributed by atoms with Gasteiger partial charge in [0.05, 0.1) is 36.8 Å². The lowest BCUT2D eigenvalue weighted by atomic mass is 9.97. The molecule has 0 aromatic rings. The van der Waals surface area contributed by atoms with Gasteiger partial charge < -0.3 is 14.9 Å². The average Bonchev–Trinajstić information content (AvgIpc) is 3.24. The van der Waals surface area contributed by atoms with Crippen LogP contribution in [0.1, 0.15) is 0 Å². The summed E-state index contributed by atoms with van der Waals surface area (Å²) in [7, 11) is 0. The first-order chi connectivity index (χ1) is 13.5. The molecule has 0 bridgehead atoms. The maximum Gasteiger partial charge on any atom is 0.318 e. The number of aliphatic carboxylic acids is 2. The van der Waals surface area contributed by atoms with E-state index in [1.165, 1.54) is 9.80 Å². The summed E-state index contributed by atoms with van der Waals surface area (Å²) in [5.41, 5.74) is 0. The molecule has 13 heteroatoms. The molecule has 0 aromatic carbocycles. The summed E-state index contributed by atoms with van der Waals surface area (Å²) in [6.45, 7) is -0.798. The van der Waals surface area contributed by atoms with Gasteiger partial charge in [-0.15, -0.1) is 0 Å². The van der Waals surface area contributed by atoms with Crippen LogP contribution in [0, 0.1) is 23.7 Å². The van der Waals surface area contributed by atoms with E-state index >= 15 is 0 Å². The van der Waals surface area contributed by atoms with Crippen LogP contribution in [0.15, 0.2) is 0 Å². The van der Waals surface area contributed by atoms with Crippen molar-refractivity contribution in [2.75, 3.05) is 39.3 Å². The fourth-order valence-corrected chi connectivity index (χ4v) is 3.69. The Labute approximate surface area is 162 Å². The maximum atomic E-state index is 12.0. The Morgan fingerprint density at radius 3 is 1.48 bits per heavy atom. The van der Waals surface area contributed by atoms with Crippen LogP contribution in [0.25, 0.3) is 0 Å². The van der Waals surface area contributed by atoms with Crippen molar-refractivity contribution in [3.05, 3.63) is 0 Å². The van der Waals surface area contributed by atoms with Gasteiger partial charge in [0.1, 0.15) is 0 Å². The first-order valence-electron chi connectivity index (χ1n) is 8.71. The summed E-state index contributed by atoms with van der Waals surface area (Å²) in [4.78, 5) is 46.0. The number of ether oxygens (including phenoxy) is 1. The van der Waals surface area contributed by atoms with Crippen molar-refractivity contribution < 1.29 is 51.7 Å². The van der Waals surface area contributed by atoms with Gasteiger partial charge in [-0.05, 0) is 0 Å². The molecule has 3 aliphatic rings. The second-order valence-electron chi connectivity index (χ2n) is 7.06. The number of carboxylic acid groups (broad SMARTS) is 2. The molecule has 3 heterocycles. The standard InChI is InChI=1S/C8H11F2NO4.C8H9F2NO3/c9-6(10)3-11-1-4(7(12)13)5(2-11)8(14)15;9-6(10)3-11-1-4-5(2-11)8(13)14-7(4)12/h4-6H,1-3H2,(H,12,13)(H,14,15);4-6H,1-3H2/t4-,5-;4-,5+/m0./s1. The summed E-state index contributed by atoms with van der Waals surface area (Å²) in [6.07, 6.45) is -5.01. The van der Waals surface area contributed by atoms with E-state index in [2.05, 4.69) is 4.74 Å². The van der Waals surface area contributed by atoms with Crippen molar-refractivity contribution in [1.29, 1.82) is 0 Å². The van der Waals surface area contributed by atoms with Crippen molar-refractivity contribution in [3.63, 3.8) is 0 Å². The molecular weight excluding hydrogens is 408 g/mol. The number of rotatable bonds is 6. The largest absolute Gasteiger partial charge is 0.481 e. The predicted molar refractivity (Wildman–Crippen MR) is 85.2 cm³/mol. The Balaban J connectivity index is 0.000000207. The normalized spacial score (nSPS) is 29.7. The number of halogens is 4. The molecule has 4 atom stereocenters. The summed E-state index contributed by atoms with van der Waals surface area (Å²) in [5, 5.41) is 17.4. The lowest BCUT2D eigenvalue weighted by Gasteiger charge is -2.14. The van der Waals surface area contributed by atoms with Crippen molar-refractivity contribution in [1.82, 2.24) is 9.80 Å². The van der Waals surface area contributed by atoms with Crippen molar-refractivity contribution in [2.45, 2.75) is 12.9 Å². The Morgan fingerprint density at radius 2 is 1.17 bits per heavy atom. The molecular formula is C16H20F4N2O7. The molecule has 0 aromatic heterocycles. The first-order valence-corrected chi connectivity index (χ1v) is 8.71. The van der Waals surface area contributed by atoms with Crippen LogP contribution >= 0.6 is 0 Å². The highest BCUT2D eigenvalue weighted by Crippen LogP contribution is 2.31. The van der Waals surface area contributed by atoms with E-state index < -0.39 is 66.9 Å². The van der Waals surface area contributed by atoms with Crippen LogP contribution in [-0.4, -0.2) is 96.0 Å². The minimum atomic E-state index is -2.58. The van der Waals surface area contributed by atoms with E-state index in [1.807, 2.05) is 0 Å². The molecule has 164 valence electrons. The molecule has 0 saturated carbocycles. The van der Waals surface area contributed by atoms with Crippen molar-refractivity contribution >= 4 is 23.9 Å². The zero-order valence-electron chi connectivity index (χ0n) is 15.0. The van der Waals surface area contributed by atoms with Gasteiger partial charge in [-0.3, -0.25) is 29.0 Å². The third-order valence-corrected chi connectivity index (χ3v) is 5.02. The van der Waals surface area contributed by atoms with Gasteiger partial charge in [-0.1, -0.05) is 0 Å². The van der Waals surface area contributed by atoms with Gasteiger partial charge in [-0.2, -0.15) is 0 Å². The smallest absolute Gasteiger partial charge is 0.318 e. The number of cyclic esters (lactones) is 2. The Bertz CT molecular complexity index is 619. The minimum Gasteiger partial charge on any atom is -0.481 e. The third-order valence-electron chi connectivity index (χ3n) is 5.02. The highest BCUT2D eigenvalue weighted by atomic mass is 19.3. The van der Waals surface area contributed by atoms with Crippen LogP contribution in [0.2, 0.25) is 0 Å². The number of carbonyl (C=O) groups excluding carboxylic acids is 2. The Kier molecular flexibility index (Phi) is 7.52. The molecule has 0 amide bonds. The monoisotopic (exact) mass is 428 g/mol. The zero-order chi connectivity index (χ0) is 21.9. The van der Waals surface area contributed by atoms with Crippen LogP contribution in [0.3, 0.4) is 0 Å². The van der Waals surface area contributed by atoms with Crippen LogP contribution in [0.5, 0.6) is 0 Å². The summed E-state index contributed by atoms with van der Waals surface area (Å²) in [5.74, 6) is -6.89. The number of fused-ring (bicyclic) bond motifs is 1. The van der Waals surface area contributed by atoms with Gasteiger partial charge >= 0.3 is 23.9 Å². The molecule has 0 spiro atoms. The van der Waals surface area contributed by atoms with Crippen LogP contribution in [-0.2, 0) is 23.9 Å². The number of hydrogen-bond acceptors (Lipinski definition) is 7. The van der Waals surface area contributed by atoms with E-state index in [9.17, 15) is 36.7 Å². The molecule has 0 radical (unpaired) electrons. The number of esters is 2. The van der Waals surface area contributed by atoms with Gasteiger partial charge in [0.2, 0.25) is 0 Å². The van der Waals surface area contributed by atoms with E-state index in [4.69, 9.17) is 10.2 Å². The SMILES string of the molecule is O=C(O)[C@H]1CN(CC(F)F)C[C@@H]1C(=O)O.O=C1OC(=O)[C@@H]2CN(CC(F)F)C[C@H]12. The van der Waals surface area contributed by atoms with Gasteiger partial charge in [0.25, 0.3) is 12.9 Å². The fourth-order valence-electron chi connectivity index (χ4n) is 3.69. The Hall–Kier alpha value is -2.28. The number of likely N-dealkylation sites (tertiary alicyclic amines) is 2. The van der Waals surface area contributed by atoms with E-state index in [1.54, 1.807) is 0 Å². The summed E-state index contributed by atoms with van der Waals surface area (Å²) in [6, 6.07) is 0. The van der Waals surface area contributed by atoms with Gasteiger partial charge in [0.15, 0.2) is 0 Å². The number of carboxylic acids is 2.